The highest BCUT2D eigenvalue weighted by atomic mass is 35.5. The molecule has 5 nitrogen and oxygen atoms in total. The average Bonchev–Trinajstić information content (AvgIpc) is 2.20. The molecule has 0 saturated carbocycles. The quantitative estimate of drug-likeness (QED) is 0.881. The van der Waals surface area contributed by atoms with Crippen molar-refractivity contribution in [3.63, 3.8) is 0 Å². The van der Waals surface area contributed by atoms with Crippen LogP contribution < -0.4 is 5.73 Å². The molecule has 1 amide bonds. The van der Waals surface area contributed by atoms with Crippen molar-refractivity contribution in [1.29, 1.82) is 0 Å². The van der Waals surface area contributed by atoms with Gasteiger partial charge in [-0.05, 0) is 24.6 Å². The minimum Gasteiger partial charge on any atom is -0.369 e. The van der Waals surface area contributed by atoms with E-state index < -0.39 is 15.9 Å². The summed E-state index contributed by atoms with van der Waals surface area (Å²) < 4.78 is 25.1. The van der Waals surface area contributed by atoms with Crippen molar-refractivity contribution in [2.24, 2.45) is 5.73 Å². The number of sulfonamides is 1. The molecule has 0 radical (unpaired) electrons. The fourth-order valence-corrected chi connectivity index (χ4v) is 2.95. The summed E-state index contributed by atoms with van der Waals surface area (Å²) in [7, 11) is -2.45. The van der Waals surface area contributed by atoms with E-state index in [9.17, 15) is 13.2 Å². The summed E-state index contributed by atoms with van der Waals surface area (Å²) in [5.41, 5.74) is 5.41. The second-order valence-corrected chi connectivity index (χ2v) is 6.01. The summed E-state index contributed by atoms with van der Waals surface area (Å²) in [6, 6.07) is 4.58. The Bertz CT molecular complexity index is 542. The number of halogens is 1. The lowest BCUT2D eigenvalue weighted by molar-refractivity contribution is -0.118. The van der Waals surface area contributed by atoms with Gasteiger partial charge in [0.1, 0.15) is 0 Å². The Balaban J connectivity index is 3.22. The van der Waals surface area contributed by atoms with Gasteiger partial charge in [-0.25, -0.2) is 8.42 Å². The molecule has 0 aromatic heterocycles. The maximum absolute atomic E-state index is 12.1. The van der Waals surface area contributed by atoms with Crippen molar-refractivity contribution in [3.8, 4) is 0 Å². The van der Waals surface area contributed by atoms with E-state index in [0.29, 0.717) is 10.6 Å². The van der Waals surface area contributed by atoms with Gasteiger partial charge < -0.3 is 5.73 Å². The monoisotopic (exact) mass is 276 g/mol. The smallest absolute Gasteiger partial charge is 0.243 e. The van der Waals surface area contributed by atoms with Gasteiger partial charge in [0.05, 0.1) is 11.4 Å². The number of carbonyl (C=O) groups is 1. The molecular formula is C10H13ClN2O3S. The Labute approximate surface area is 105 Å². The number of hydrogen-bond acceptors (Lipinski definition) is 3. The highest BCUT2D eigenvalue weighted by molar-refractivity contribution is 7.89. The third kappa shape index (κ3) is 2.96. The fourth-order valence-electron chi connectivity index (χ4n) is 1.34. The molecule has 0 heterocycles. The molecule has 2 N–H and O–H groups in total. The lowest BCUT2D eigenvalue weighted by atomic mass is 10.2. The Morgan fingerprint density at radius 2 is 2.06 bits per heavy atom. The van der Waals surface area contributed by atoms with E-state index >= 15 is 0 Å². The lowest BCUT2D eigenvalue weighted by Crippen LogP contribution is -2.35. The first-order valence-corrected chi connectivity index (χ1v) is 6.58. The summed E-state index contributed by atoms with van der Waals surface area (Å²) >= 11 is 5.86. The number of primary amides is 1. The second-order valence-electron chi connectivity index (χ2n) is 3.59. The van der Waals surface area contributed by atoms with Crippen LogP contribution in [0.15, 0.2) is 23.1 Å². The molecule has 0 fully saturated rings. The largest absolute Gasteiger partial charge is 0.369 e. The molecule has 0 bridgehead atoms. The van der Waals surface area contributed by atoms with Crippen LogP contribution in [0.1, 0.15) is 5.56 Å². The predicted octanol–water partition coefficient (Wildman–Crippen LogP) is 0.754. The molecule has 0 aliphatic heterocycles. The van der Waals surface area contributed by atoms with Gasteiger partial charge in [0, 0.05) is 12.1 Å². The zero-order valence-corrected chi connectivity index (χ0v) is 11.0. The molecule has 0 spiro atoms. The van der Waals surface area contributed by atoms with E-state index in [-0.39, 0.29) is 11.4 Å². The number of hydrogen-bond donors (Lipinski definition) is 1. The standard InChI is InChI=1S/C10H13ClN2O3S/c1-7-8(11)4-3-5-9(7)17(15,16)13(2)6-10(12)14/h3-5H,6H2,1-2H3,(H2,12,14). The first-order chi connectivity index (χ1) is 7.76. The average molecular weight is 277 g/mol. The Morgan fingerprint density at radius 1 is 1.47 bits per heavy atom. The lowest BCUT2D eigenvalue weighted by Gasteiger charge is -2.17. The van der Waals surface area contributed by atoms with Crippen molar-refractivity contribution in [2.75, 3.05) is 13.6 Å². The van der Waals surface area contributed by atoms with Crippen LogP contribution in [-0.4, -0.2) is 32.2 Å². The number of amides is 1. The van der Waals surface area contributed by atoms with Crippen molar-refractivity contribution in [2.45, 2.75) is 11.8 Å². The van der Waals surface area contributed by atoms with E-state index in [0.717, 1.165) is 4.31 Å². The first-order valence-electron chi connectivity index (χ1n) is 4.76. The normalized spacial score (nSPS) is 11.8. The van der Waals surface area contributed by atoms with E-state index in [1.807, 2.05) is 0 Å². The minimum absolute atomic E-state index is 0.0775. The van der Waals surface area contributed by atoms with Gasteiger partial charge in [-0.2, -0.15) is 4.31 Å². The zero-order valence-electron chi connectivity index (χ0n) is 9.47. The molecule has 7 heteroatoms. The summed E-state index contributed by atoms with van der Waals surface area (Å²) in [5, 5.41) is 0.360. The predicted molar refractivity (Wildman–Crippen MR) is 65.2 cm³/mol. The number of carbonyl (C=O) groups excluding carboxylic acids is 1. The molecule has 17 heavy (non-hydrogen) atoms. The third-order valence-corrected chi connectivity index (χ3v) is 4.64. The van der Waals surface area contributed by atoms with Gasteiger partial charge in [-0.15, -0.1) is 0 Å². The third-order valence-electron chi connectivity index (χ3n) is 2.28. The number of nitrogens with two attached hydrogens (primary N) is 1. The number of benzene rings is 1. The van der Waals surface area contributed by atoms with Gasteiger partial charge >= 0.3 is 0 Å². The summed E-state index contributed by atoms with van der Waals surface area (Å²) in [5.74, 6) is -0.712. The summed E-state index contributed by atoms with van der Waals surface area (Å²) in [6.07, 6.45) is 0. The maximum Gasteiger partial charge on any atom is 0.243 e. The number of nitrogens with zero attached hydrogens (tertiary/aromatic N) is 1. The molecule has 1 rings (SSSR count). The molecule has 94 valence electrons. The molecule has 1 aromatic carbocycles. The Kier molecular flexibility index (Phi) is 4.13. The Hall–Kier alpha value is -1.11. The summed E-state index contributed by atoms with van der Waals surface area (Å²) in [4.78, 5) is 10.8. The SMILES string of the molecule is Cc1c(Cl)cccc1S(=O)(=O)N(C)CC(N)=O. The van der Waals surface area contributed by atoms with Crippen molar-refractivity contribution < 1.29 is 13.2 Å². The number of rotatable bonds is 4. The van der Waals surface area contributed by atoms with E-state index in [1.54, 1.807) is 19.1 Å². The van der Waals surface area contributed by atoms with Crippen LogP contribution in [0.4, 0.5) is 0 Å². The number of likely N-dealkylation sites (N-methyl/N-ethyl adjacent to an activating group) is 1. The van der Waals surface area contributed by atoms with Gasteiger partial charge in [0.15, 0.2) is 0 Å². The second kappa shape index (κ2) is 5.03. The van der Waals surface area contributed by atoms with E-state index in [4.69, 9.17) is 17.3 Å². The van der Waals surface area contributed by atoms with E-state index in [1.165, 1.54) is 13.1 Å². The van der Waals surface area contributed by atoms with Crippen LogP contribution in [-0.2, 0) is 14.8 Å². The molecule has 0 aliphatic rings. The van der Waals surface area contributed by atoms with E-state index in [2.05, 4.69) is 0 Å². The molecule has 1 aromatic rings. The van der Waals surface area contributed by atoms with Gasteiger partial charge in [0.2, 0.25) is 15.9 Å². The van der Waals surface area contributed by atoms with Crippen LogP contribution in [0.2, 0.25) is 5.02 Å². The zero-order chi connectivity index (χ0) is 13.2. The van der Waals surface area contributed by atoms with Gasteiger partial charge in [-0.1, -0.05) is 17.7 Å². The fraction of sp³-hybridized carbons (Fsp3) is 0.300. The van der Waals surface area contributed by atoms with Crippen molar-refractivity contribution in [3.05, 3.63) is 28.8 Å². The van der Waals surface area contributed by atoms with Gasteiger partial charge in [0.25, 0.3) is 0 Å². The first kappa shape index (κ1) is 14.0. The minimum atomic E-state index is -3.74. The van der Waals surface area contributed by atoms with Gasteiger partial charge in [-0.3, -0.25) is 4.79 Å². The highest BCUT2D eigenvalue weighted by Crippen LogP contribution is 2.24. The molecular weight excluding hydrogens is 264 g/mol. The molecule has 0 aliphatic carbocycles. The van der Waals surface area contributed by atoms with Crippen molar-refractivity contribution in [1.82, 2.24) is 4.31 Å². The Morgan fingerprint density at radius 3 is 2.59 bits per heavy atom. The molecule has 0 unspecified atom stereocenters. The van der Waals surface area contributed by atoms with Crippen LogP contribution in [0.3, 0.4) is 0 Å². The van der Waals surface area contributed by atoms with Crippen LogP contribution >= 0.6 is 11.6 Å². The molecule has 0 atom stereocenters. The highest BCUT2D eigenvalue weighted by Gasteiger charge is 2.24. The van der Waals surface area contributed by atoms with Crippen LogP contribution in [0, 0.1) is 6.92 Å². The van der Waals surface area contributed by atoms with Crippen LogP contribution in [0.25, 0.3) is 0 Å². The molecule has 0 saturated heterocycles. The van der Waals surface area contributed by atoms with Crippen LogP contribution in [0.5, 0.6) is 0 Å². The maximum atomic E-state index is 12.1. The van der Waals surface area contributed by atoms with Crippen molar-refractivity contribution >= 4 is 27.5 Å². The topological polar surface area (TPSA) is 80.5 Å². The summed E-state index contributed by atoms with van der Waals surface area (Å²) in [6.45, 7) is 1.24.